The lowest BCUT2D eigenvalue weighted by Gasteiger charge is -2.17. The van der Waals surface area contributed by atoms with Crippen molar-refractivity contribution in [1.29, 1.82) is 0 Å². The van der Waals surface area contributed by atoms with Gasteiger partial charge in [0.1, 0.15) is 0 Å². The number of aryl methyl sites for hydroxylation is 1. The standard InChI is InChI=1S/C16H25N3O2S/c1-11-12(2)19(10-13-6-5-9-21-13)16(18-11)22-14-7-3-4-8-17-15(14)20/h13-14H,3-10H2,1-2H3,(H,17,20). The highest BCUT2D eigenvalue weighted by molar-refractivity contribution is 8.00. The van der Waals surface area contributed by atoms with Crippen molar-refractivity contribution in [2.24, 2.45) is 0 Å². The van der Waals surface area contributed by atoms with Crippen LogP contribution < -0.4 is 5.32 Å². The van der Waals surface area contributed by atoms with Crippen molar-refractivity contribution < 1.29 is 9.53 Å². The number of aromatic nitrogens is 2. The first-order valence-corrected chi connectivity index (χ1v) is 9.13. The van der Waals surface area contributed by atoms with E-state index in [9.17, 15) is 4.79 Å². The third-order valence-corrected chi connectivity index (χ3v) is 5.82. The van der Waals surface area contributed by atoms with Crippen LogP contribution in [0, 0.1) is 13.8 Å². The third-order valence-electron chi connectivity index (χ3n) is 4.57. The summed E-state index contributed by atoms with van der Waals surface area (Å²) in [4.78, 5) is 16.9. The van der Waals surface area contributed by atoms with Gasteiger partial charge in [-0.15, -0.1) is 0 Å². The Kier molecular flexibility index (Phi) is 5.08. The largest absolute Gasteiger partial charge is 0.376 e. The normalized spacial score (nSPS) is 26.0. The summed E-state index contributed by atoms with van der Waals surface area (Å²) in [6, 6.07) is 0. The highest BCUT2D eigenvalue weighted by atomic mass is 32.2. The van der Waals surface area contributed by atoms with Crippen molar-refractivity contribution in [3.63, 3.8) is 0 Å². The van der Waals surface area contributed by atoms with Gasteiger partial charge in [0.05, 0.1) is 23.6 Å². The molecule has 122 valence electrons. The Bertz CT molecular complexity index is 538. The number of hydrogen-bond acceptors (Lipinski definition) is 4. The van der Waals surface area contributed by atoms with Gasteiger partial charge in [-0.05, 0) is 39.5 Å². The van der Waals surface area contributed by atoms with Crippen LogP contribution in [0.15, 0.2) is 5.16 Å². The SMILES string of the molecule is Cc1nc(SC2CCCCNC2=O)n(CC2CCCO2)c1C. The number of ether oxygens (including phenoxy) is 1. The molecule has 1 aromatic heterocycles. The molecule has 3 heterocycles. The molecule has 2 atom stereocenters. The predicted octanol–water partition coefficient (Wildman–Crippen LogP) is 2.44. The molecule has 2 saturated heterocycles. The van der Waals surface area contributed by atoms with Crippen molar-refractivity contribution in [2.75, 3.05) is 13.2 Å². The summed E-state index contributed by atoms with van der Waals surface area (Å²) in [5.74, 6) is 0.157. The van der Waals surface area contributed by atoms with Crippen LogP contribution in [0.4, 0.5) is 0 Å². The second-order valence-electron chi connectivity index (χ2n) is 6.20. The van der Waals surface area contributed by atoms with E-state index in [1.165, 1.54) is 5.69 Å². The molecule has 0 aromatic carbocycles. The van der Waals surface area contributed by atoms with Crippen molar-refractivity contribution in [1.82, 2.24) is 14.9 Å². The summed E-state index contributed by atoms with van der Waals surface area (Å²) in [5, 5.41) is 3.95. The molecule has 2 aliphatic rings. The first-order valence-electron chi connectivity index (χ1n) is 8.25. The van der Waals surface area contributed by atoms with Crippen LogP contribution in [-0.4, -0.2) is 40.0 Å². The Balaban J connectivity index is 1.76. The van der Waals surface area contributed by atoms with E-state index in [1.54, 1.807) is 11.8 Å². The van der Waals surface area contributed by atoms with Gasteiger partial charge in [0.2, 0.25) is 5.91 Å². The second kappa shape index (κ2) is 7.04. The molecule has 0 aliphatic carbocycles. The molecule has 0 saturated carbocycles. The Labute approximate surface area is 136 Å². The minimum Gasteiger partial charge on any atom is -0.376 e. The highest BCUT2D eigenvalue weighted by Crippen LogP contribution is 2.30. The zero-order valence-corrected chi connectivity index (χ0v) is 14.2. The molecule has 5 nitrogen and oxygen atoms in total. The summed E-state index contributed by atoms with van der Waals surface area (Å²) in [6.07, 6.45) is 5.65. The Hall–Kier alpha value is -1.01. The molecule has 0 bridgehead atoms. The fourth-order valence-electron chi connectivity index (χ4n) is 3.07. The molecule has 0 radical (unpaired) electrons. The van der Waals surface area contributed by atoms with E-state index in [4.69, 9.17) is 9.72 Å². The maximum atomic E-state index is 12.2. The average molecular weight is 323 g/mol. The van der Waals surface area contributed by atoms with Crippen LogP contribution in [-0.2, 0) is 16.1 Å². The lowest BCUT2D eigenvalue weighted by atomic mass is 10.2. The van der Waals surface area contributed by atoms with Gasteiger partial charge in [0, 0.05) is 18.8 Å². The Morgan fingerprint density at radius 2 is 2.18 bits per heavy atom. The van der Waals surface area contributed by atoms with E-state index in [0.717, 1.165) is 62.7 Å². The molecule has 1 N–H and O–H groups in total. The fraction of sp³-hybridized carbons (Fsp3) is 0.750. The number of rotatable bonds is 4. The lowest BCUT2D eigenvalue weighted by molar-refractivity contribution is -0.120. The molecule has 2 aliphatic heterocycles. The molecule has 2 fully saturated rings. The first kappa shape index (κ1) is 15.9. The molecular weight excluding hydrogens is 298 g/mol. The monoisotopic (exact) mass is 323 g/mol. The zero-order valence-electron chi connectivity index (χ0n) is 13.4. The fourth-order valence-corrected chi connectivity index (χ4v) is 4.33. The second-order valence-corrected chi connectivity index (χ2v) is 7.37. The number of amides is 1. The van der Waals surface area contributed by atoms with E-state index < -0.39 is 0 Å². The molecule has 3 rings (SSSR count). The van der Waals surface area contributed by atoms with Crippen LogP contribution >= 0.6 is 11.8 Å². The highest BCUT2D eigenvalue weighted by Gasteiger charge is 2.26. The molecule has 6 heteroatoms. The number of hydrogen-bond donors (Lipinski definition) is 1. The van der Waals surface area contributed by atoms with Crippen molar-refractivity contribution in [3.05, 3.63) is 11.4 Å². The summed E-state index contributed by atoms with van der Waals surface area (Å²) in [5.41, 5.74) is 2.24. The number of nitrogens with one attached hydrogen (secondary N) is 1. The van der Waals surface area contributed by atoms with Crippen molar-refractivity contribution >= 4 is 17.7 Å². The quantitative estimate of drug-likeness (QED) is 0.925. The van der Waals surface area contributed by atoms with Crippen molar-refractivity contribution in [3.8, 4) is 0 Å². The maximum Gasteiger partial charge on any atom is 0.233 e. The van der Waals surface area contributed by atoms with Crippen LogP contribution in [0.3, 0.4) is 0 Å². The minimum atomic E-state index is -0.0213. The number of imidazole rings is 1. The van der Waals surface area contributed by atoms with E-state index in [1.807, 2.05) is 6.92 Å². The average Bonchev–Trinajstić information content (AvgIpc) is 3.04. The predicted molar refractivity (Wildman–Crippen MR) is 87.2 cm³/mol. The summed E-state index contributed by atoms with van der Waals surface area (Å²) < 4.78 is 8.01. The lowest BCUT2D eigenvalue weighted by Crippen LogP contribution is -2.31. The number of carbonyl (C=O) groups is 1. The van der Waals surface area contributed by atoms with E-state index in [2.05, 4.69) is 16.8 Å². The topological polar surface area (TPSA) is 56.2 Å². The third kappa shape index (κ3) is 3.49. The van der Waals surface area contributed by atoms with Crippen LogP contribution in [0.1, 0.15) is 43.5 Å². The smallest absolute Gasteiger partial charge is 0.233 e. The molecule has 2 unspecified atom stereocenters. The van der Waals surface area contributed by atoms with Crippen LogP contribution in [0.5, 0.6) is 0 Å². The van der Waals surface area contributed by atoms with Gasteiger partial charge in [-0.2, -0.15) is 0 Å². The van der Waals surface area contributed by atoms with E-state index in [0.29, 0.717) is 0 Å². The van der Waals surface area contributed by atoms with Gasteiger partial charge in [-0.25, -0.2) is 4.98 Å². The summed E-state index contributed by atoms with van der Waals surface area (Å²) >= 11 is 1.62. The Morgan fingerprint density at radius 3 is 2.95 bits per heavy atom. The molecule has 1 aromatic rings. The van der Waals surface area contributed by atoms with Gasteiger partial charge >= 0.3 is 0 Å². The van der Waals surface area contributed by atoms with Crippen LogP contribution in [0.25, 0.3) is 0 Å². The zero-order chi connectivity index (χ0) is 15.5. The van der Waals surface area contributed by atoms with Crippen LogP contribution in [0.2, 0.25) is 0 Å². The maximum absolute atomic E-state index is 12.2. The van der Waals surface area contributed by atoms with Gasteiger partial charge in [0.15, 0.2) is 5.16 Å². The van der Waals surface area contributed by atoms with Gasteiger partial charge in [-0.1, -0.05) is 18.2 Å². The van der Waals surface area contributed by atoms with Crippen molar-refractivity contribution in [2.45, 2.75) is 69.0 Å². The molecule has 0 spiro atoms. The minimum absolute atomic E-state index is 0.0213. The number of nitrogens with zero attached hydrogens (tertiary/aromatic N) is 2. The van der Waals surface area contributed by atoms with Gasteiger partial charge in [0.25, 0.3) is 0 Å². The summed E-state index contributed by atoms with van der Waals surface area (Å²) in [7, 11) is 0. The Morgan fingerprint density at radius 1 is 1.32 bits per heavy atom. The van der Waals surface area contributed by atoms with E-state index in [-0.39, 0.29) is 17.3 Å². The number of thioether (sulfide) groups is 1. The summed E-state index contributed by atoms with van der Waals surface area (Å²) in [6.45, 7) is 6.67. The number of carbonyl (C=O) groups excluding carboxylic acids is 1. The molecule has 1 amide bonds. The molecular formula is C16H25N3O2S. The van der Waals surface area contributed by atoms with Gasteiger partial charge in [-0.3, -0.25) is 4.79 Å². The van der Waals surface area contributed by atoms with Gasteiger partial charge < -0.3 is 14.6 Å². The first-order chi connectivity index (χ1) is 10.6. The molecule has 22 heavy (non-hydrogen) atoms. The van der Waals surface area contributed by atoms with E-state index >= 15 is 0 Å².